The molecule has 1 unspecified atom stereocenters. The maximum Gasteiger partial charge on any atom is 0.318 e. The minimum absolute atomic E-state index is 0.293. The molecule has 8 heteroatoms. The molecule has 6 nitrogen and oxygen atoms in total. The number of ether oxygens (including phenoxy) is 1. The summed E-state index contributed by atoms with van der Waals surface area (Å²) < 4.78 is 6.38. The second-order valence-corrected chi connectivity index (χ2v) is 6.55. The zero-order valence-corrected chi connectivity index (χ0v) is 14.0. The lowest BCUT2D eigenvalue weighted by atomic mass is 10.2. The van der Waals surface area contributed by atoms with Gasteiger partial charge in [0.2, 0.25) is 0 Å². The Morgan fingerprint density at radius 1 is 1.22 bits per heavy atom. The standard InChI is InChI=1S/C15H13ClN4O2S/c1-9(15(21)22-2)23-13-8-7-12-17-18-14(20(12)19-13)10-3-5-11(16)6-4-10/h3-9H,1-2H3. The Bertz CT molecular complexity index is 850. The van der Waals surface area contributed by atoms with Crippen molar-refractivity contribution in [2.45, 2.75) is 17.2 Å². The molecular formula is C15H13ClN4O2S. The number of esters is 1. The van der Waals surface area contributed by atoms with Crippen LogP contribution in [0.15, 0.2) is 41.4 Å². The van der Waals surface area contributed by atoms with Crippen molar-refractivity contribution in [1.82, 2.24) is 19.8 Å². The number of thioether (sulfide) groups is 1. The van der Waals surface area contributed by atoms with Gasteiger partial charge < -0.3 is 4.74 Å². The van der Waals surface area contributed by atoms with E-state index in [1.54, 1.807) is 29.6 Å². The van der Waals surface area contributed by atoms with Crippen molar-refractivity contribution in [3.05, 3.63) is 41.4 Å². The largest absolute Gasteiger partial charge is 0.468 e. The van der Waals surface area contributed by atoms with Gasteiger partial charge in [-0.3, -0.25) is 4.79 Å². The summed E-state index contributed by atoms with van der Waals surface area (Å²) in [6.07, 6.45) is 0. The summed E-state index contributed by atoms with van der Waals surface area (Å²) in [5.41, 5.74) is 1.49. The molecule has 2 aromatic heterocycles. The van der Waals surface area contributed by atoms with Crippen molar-refractivity contribution in [1.29, 1.82) is 0 Å². The van der Waals surface area contributed by atoms with Gasteiger partial charge in [0, 0.05) is 10.6 Å². The van der Waals surface area contributed by atoms with Gasteiger partial charge in [-0.15, -0.1) is 10.2 Å². The van der Waals surface area contributed by atoms with Gasteiger partial charge in [-0.25, -0.2) is 0 Å². The lowest BCUT2D eigenvalue weighted by Gasteiger charge is -2.08. The van der Waals surface area contributed by atoms with E-state index in [0.29, 0.717) is 21.5 Å². The van der Waals surface area contributed by atoms with Crippen LogP contribution < -0.4 is 0 Å². The predicted molar refractivity (Wildman–Crippen MR) is 88.6 cm³/mol. The molecular weight excluding hydrogens is 336 g/mol. The first-order chi connectivity index (χ1) is 11.1. The highest BCUT2D eigenvalue weighted by Crippen LogP contribution is 2.24. The molecule has 1 atom stereocenters. The highest BCUT2D eigenvalue weighted by molar-refractivity contribution is 8.00. The van der Waals surface area contributed by atoms with Crippen molar-refractivity contribution in [3.8, 4) is 11.4 Å². The maximum atomic E-state index is 11.5. The highest BCUT2D eigenvalue weighted by Gasteiger charge is 2.17. The van der Waals surface area contributed by atoms with Gasteiger partial charge in [0.25, 0.3) is 0 Å². The van der Waals surface area contributed by atoms with Gasteiger partial charge in [-0.2, -0.15) is 9.61 Å². The Kier molecular flexibility index (Phi) is 4.49. The number of carbonyl (C=O) groups is 1. The molecule has 0 aliphatic heterocycles. The van der Waals surface area contributed by atoms with E-state index < -0.39 is 0 Å². The fraction of sp³-hybridized carbons (Fsp3) is 0.200. The number of methoxy groups -OCH3 is 1. The van der Waals surface area contributed by atoms with Crippen LogP contribution in [0.3, 0.4) is 0 Å². The molecule has 23 heavy (non-hydrogen) atoms. The lowest BCUT2D eigenvalue weighted by molar-refractivity contribution is -0.139. The van der Waals surface area contributed by atoms with E-state index in [-0.39, 0.29) is 11.2 Å². The van der Waals surface area contributed by atoms with E-state index in [4.69, 9.17) is 16.3 Å². The van der Waals surface area contributed by atoms with Gasteiger partial charge >= 0.3 is 5.97 Å². The smallest absolute Gasteiger partial charge is 0.318 e. The minimum Gasteiger partial charge on any atom is -0.468 e. The van der Waals surface area contributed by atoms with Crippen molar-refractivity contribution in [2.75, 3.05) is 7.11 Å². The summed E-state index contributed by atoms with van der Waals surface area (Å²) in [5.74, 6) is 0.323. The normalized spacial score (nSPS) is 12.3. The van der Waals surface area contributed by atoms with Crippen LogP contribution in [0.25, 0.3) is 17.0 Å². The van der Waals surface area contributed by atoms with E-state index in [2.05, 4.69) is 15.3 Å². The third-order valence-electron chi connectivity index (χ3n) is 3.17. The fourth-order valence-electron chi connectivity index (χ4n) is 2.01. The number of hydrogen-bond acceptors (Lipinski definition) is 6. The zero-order chi connectivity index (χ0) is 16.4. The van der Waals surface area contributed by atoms with Crippen molar-refractivity contribution < 1.29 is 9.53 Å². The Morgan fingerprint density at radius 3 is 2.65 bits per heavy atom. The summed E-state index contributed by atoms with van der Waals surface area (Å²) in [6.45, 7) is 1.77. The molecule has 1 aromatic carbocycles. The quantitative estimate of drug-likeness (QED) is 0.533. The molecule has 0 spiro atoms. The Hall–Kier alpha value is -2.12. The molecule has 0 aliphatic carbocycles. The minimum atomic E-state index is -0.347. The molecule has 2 heterocycles. The van der Waals surface area contributed by atoms with Crippen LogP contribution in [-0.4, -0.2) is 38.1 Å². The van der Waals surface area contributed by atoms with Crippen LogP contribution in [0, 0.1) is 0 Å². The Labute approximate surface area is 141 Å². The summed E-state index contributed by atoms with van der Waals surface area (Å²) >= 11 is 7.23. The van der Waals surface area contributed by atoms with Crippen LogP contribution in [-0.2, 0) is 9.53 Å². The average Bonchev–Trinajstić information content (AvgIpc) is 2.98. The molecule has 0 amide bonds. The van der Waals surface area contributed by atoms with Gasteiger partial charge in [0.1, 0.15) is 10.3 Å². The number of halogens is 1. The van der Waals surface area contributed by atoms with Gasteiger partial charge in [0.05, 0.1) is 7.11 Å². The molecule has 3 rings (SSSR count). The van der Waals surface area contributed by atoms with Gasteiger partial charge in [0.15, 0.2) is 11.5 Å². The van der Waals surface area contributed by atoms with Crippen LogP contribution in [0.5, 0.6) is 0 Å². The van der Waals surface area contributed by atoms with Crippen LogP contribution in [0.4, 0.5) is 0 Å². The van der Waals surface area contributed by atoms with E-state index >= 15 is 0 Å². The molecule has 0 aliphatic rings. The average molecular weight is 349 g/mol. The molecule has 0 fully saturated rings. The van der Waals surface area contributed by atoms with Gasteiger partial charge in [-0.05, 0) is 43.3 Å². The number of hydrogen-bond donors (Lipinski definition) is 0. The predicted octanol–water partition coefficient (Wildman–Crippen LogP) is 3.10. The second-order valence-electron chi connectivity index (χ2n) is 4.76. The Morgan fingerprint density at radius 2 is 1.96 bits per heavy atom. The summed E-state index contributed by atoms with van der Waals surface area (Å²) in [4.78, 5) is 11.5. The van der Waals surface area contributed by atoms with E-state index in [1.807, 2.05) is 18.2 Å². The third-order valence-corrected chi connectivity index (χ3v) is 4.43. The molecule has 3 aromatic rings. The first kappa shape index (κ1) is 15.8. The van der Waals surface area contributed by atoms with Crippen LogP contribution in [0.1, 0.15) is 6.92 Å². The van der Waals surface area contributed by atoms with E-state index in [1.165, 1.54) is 18.9 Å². The number of aromatic nitrogens is 4. The monoisotopic (exact) mass is 348 g/mol. The molecule has 0 N–H and O–H groups in total. The SMILES string of the molecule is COC(=O)C(C)Sc1ccc2nnc(-c3ccc(Cl)cc3)n2n1. The lowest BCUT2D eigenvalue weighted by Crippen LogP contribution is -2.15. The fourth-order valence-corrected chi connectivity index (χ4v) is 2.97. The van der Waals surface area contributed by atoms with Crippen molar-refractivity contribution in [2.24, 2.45) is 0 Å². The first-order valence-electron chi connectivity index (χ1n) is 6.81. The van der Waals surface area contributed by atoms with Crippen molar-refractivity contribution >= 4 is 35.0 Å². The van der Waals surface area contributed by atoms with Crippen LogP contribution >= 0.6 is 23.4 Å². The first-order valence-corrected chi connectivity index (χ1v) is 8.07. The topological polar surface area (TPSA) is 69.4 Å². The van der Waals surface area contributed by atoms with Gasteiger partial charge in [-0.1, -0.05) is 23.4 Å². The molecule has 118 valence electrons. The molecule has 0 bridgehead atoms. The number of rotatable bonds is 4. The summed E-state index contributed by atoms with van der Waals surface area (Å²) in [5, 5.41) is 13.8. The molecule has 0 saturated heterocycles. The number of benzene rings is 1. The van der Waals surface area contributed by atoms with Crippen LogP contribution in [0.2, 0.25) is 5.02 Å². The number of nitrogens with zero attached hydrogens (tertiary/aromatic N) is 4. The molecule has 0 saturated carbocycles. The zero-order valence-electron chi connectivity index (χ0n) is 12.4. The second kappa shape index (κ2) is 6.55. The van der Waals surface area contributed by atoms with Crippen molar-refractivity contribution in [3.63, 3.8) is 0 Å². The van der Waals surface area contributed by atoms with E-state index in [0.717, 1.165) is 5.56 Å². The molecule has 0 radical (unpaired) electrons. The van der Waals surface area contributed by atoms with E-state index in [9.17, 15) is 4.79 Å². The summed E-state index contributed by atoms with van der Waals surface area (Å²) in [7, 11) is 1.37. The maximum absolute atomic E-state index is 11.5. The highest BCUT2D eigenvalue weighted by atomic mass is 35.5. The number of fused-ring (bicyclic) bond motifs is 1. The Balaban J connectivity index is 1.97. The summed E-state index contributed by atoms with van der Waals surface area (Å²) in [6, 6.07) is 10.9. The third kappa shape index (κ3) is 3.30. The number of carbonyl (C=O) groups excluding carboxylic acids is 1.